The molecule has 0 amide bonds. The van der Waals surface area contributed by atoms with Gasteiger partial charge in [-0.15, -0.1) is 0 Å². The third kappa shape index (κ3) is 2.59. The van der Waals surface area contributed by atoms with Crippen LogP contribution in [-0.2, 0) is 0 Å². The molecular formula is C20H17N3O2. The van der Waals surface area contributed by atoms with E-state index < -0.39 is 0 Å². The van der Waals surface area contributed by atoms with Crippen molar-refractivity contribution in [2.24, 2.45) is 0 Å². The number of fused-ring (bicyclic) bond motifs is 1. The van der Waals surface area contributed by atoms with Crippen LogP contribution in [-0.4, -0.2) is 21.7 Å². The van der Waals surface area contributed by atoms with Crippen molar-refractivity contribution in [2.45, 2.75) is 6.92 Å². The Kier molecular flexibility index (Phi) is 3.61. The maximum absolute atomic E-state index is 12.3. The monoisotopic (exact) mass is 331 g/mol. The van der Waals surface area contributed by atoms with Crippen molar-refractivity contribution in [1.29, 1.82) is 0 Å². The van der Waals surface area contributed by atoms with Gasteiger partial charge in [0, 0.05) is 17.2 Å². The summed E-state index contributed by atoms with van der Waals surface area (Å²) in [5, 5.41) is 4.66. The number of H-pyrrole nitrogens is 1. The van der Waals surface area contributed by atoms with E-state index in [1.54, 1.807) is 17.7 Å². The van der Waals surface area contributed by atoms with E-state index in [1.807, 2.05) is 61.5 Å². The Hall–Kier alpha value is -3.34. The zero-order chi connectivity index (χ0) is 17.4. The Balaban J connectivity index is 1.99. The summed E-state index contributed by atoms with van der Waals surface area (Å²) in [6.07, 6.45) is 0. The van der Waals surface area contributed by atoms with Crippen molar-refractivity contribution in [3.8, 4) is 28.1 Å². The lowest BCUT2D eigenvalue weighted by Crippen LogP contribution is -2.09. The standard InChI is InChI=1S/C20H17N3O2/c1-13-19(15-8-10-16(25-2)11-9-15)20-21-18(24)12-17(23(20)22-13)14-6-4-3-5-7-14/h3-12H,1-2H3,(H,21,24). The number of rotatable bonds is 3. The molecule has 0 unspecified atom stereocenters. The van der Waals surface area contributed by atoms with Crippen molar-refractivity contribution >= 4 is 5.65 Å². The van der Waals surface area contributed by atoms with Crippen LogP contribution in [0.4, 0.5) is 0 Å². The van der Waals surface area contributed by atoms with Gasteiger partial charge < -0.3 is 9.72 Å². The van der Waals surface area contributed by atoms with Crippen LogP contribution in [0.2, 0.25) is 0 Å². The molecule has 0 aliphatic rings. The third-order valence-electron chi connectivity index (χ3n) is 4.25. The normalized spacial score (nSPS) is 11.0. The maximum Gasteiger partial charge on any atom is 0.251 e. The molecule has 0 atom stereocenters. The average Bonchev–Trinajstić information content (AvgIpc) is 2.97. The zero-order valence-corrected chi connectivity index (χ0v) is 14.0. The van der Waals surface area contributed by atoms with Gasteiger partial charge in [0.2, 0.25) is 0 Å². The average molecular weight is 331 g/mol. The first-order valence-electron chi connectivity index (χ1n) is 8.00. The SMILES string of the molecule is COc1ccc(-c2c(C)nn3c(-c4ccccc4)cc(=O)[nH]c23)cc1. The van der Waals surface area contributed by atoms with Crippen LogP contribution in [0.15, 0.2) is 65.5 Å². The van der Waals surface area contributed by atoms with Gasteiger partial charge in [0.05, 0.1) is 18.5 Å². The van der Waals surface area contributed by atoms with Gasteiger partial charge in [-0.3, -0.25) is 4.79 Å². The number of hydrogen-bond donors (Lipinski definition) is 1. The Bertz CT molecular complexity index is 1090. The van der Waals surface area contributed by atoms with E-state index in [2.05, 4.69) is 10.1 Å². The molecule has 0 spiro atoms. The number of nitrogens with one attached hydrogen (secondary N) is 1. The molecule has 124 valence electrons. The number of ether oxygens (including phenoxy) is 1. The number of hydrogen-bond acceptors (Lipinski definition) is 3. The molecule has 0 saturated heterocycles. The maximum atomic E-state index is 12.3. The topological polar surface area (TPSA) is 59.4 Å². The lowest BCUT2D eigenvalue weighted by atomic mass is 10.1. The summed E-state index contributed by atoms with van der Waals surface area (Å²) in [4.78, 5) is 15.2. The van der Waals surface area contributed by atoms with Gasteiger partial charge in [-0.2, -0.15) is 5.10 Å². The fourth-order valence-corrected chi connectivity index (χ4v) is 3.07. The molecule has 0 saturated carbocycles. The molecule has 0 radical (unpaired) electrons. The van der Waals surface area contributed by atoms with E-state index >= 15 is 0 Å². The first-order valence-corrected chi connectivity index (χ1v) is 8.00. The van der Waals surface area contributed by atoms with Crippen molar-refractivity contribution in [3.63, 3.8) is 0 Å². The van der Waals surface area contributed by atoms with Gasteiger partial charge >= 0.3 is 0 Å². The molecular weight excluding hydrogens is 314 g/mol. The van der Waals surface area contributed by atoms with E-state index in [1.165, 1.54) is 0 Å². The van der Waals surface area contributed by atoms with Crippen molar-refractivity contribution in [2.75, 3.05) is 7.11 Å². The van der Waals surface area contributed by atoms with E-state index in [9.17, 15) is 4.79 Å². The molecule has 1 N–H and O–H groups in total. The van der Waals surface area contributed by atoms with Crippen molar-refractivity contribution in [3.05, 3.63) is 76.7 Å². The molecule has 4 aromatic rings. The number of benzene rings is 2. The molecule has 25 heavy (non-hydrogen) atoms. The van der Waals surface area contributed by atoms with Gasteiger partial charge in [0.1, 0.15) is 11.4 Å². The molecule has 0 aliphatic heterocycles. The molecule has 2 aromatic heterocycles. The summed E-state index contributed by atoms with van der Waals surface area (Å²) < 4.78 is 7.02. The van der Waals surface area contributed by atoms with Gasteiger partial charge in [0.15, 0.2) is 0 Å². The van der Waals surface area contributed by atoms with Crippen LogP contribution in [0, 0.1) is 6.92 Å². The lowest BCUT2D eigenvalue weighted by Gasteiger charge is -2.06. The number of aromatic amines is 1. The van der Waals surface area contributed by atoms with Crippen LogP contribution >= 0.6 is 0 Å². The summed E-state index contributed by atoms with van der Waals surface area (Å²) in [7, 11) is 1.64. The predicted octanol–water partition coefficient (Wildman–Crippen LogP) is 3.67. The highest BCUT2D eigenvalue weighted by molar-refractivity contribution is 5.81. The highest BCUT2D eigenvalue weighted by atomic mass is 16.5. The van der Waals surface area contributed by atoms with Crippen LogP contribution in [0.5, 0.6) is 5.75 Å². The second-order valence-corrected chi connectivity index (χ2v) is 5.83. The quantitative estimate of drug-likeness (QED) is 0.623. The highest BCUT2D eigenvalue weighted by Gasteiger charge is 2.16. The minimum atomic E-state index is -0.152. The molecule has 2 heterocycles. The minimum Gasteiger partial charge on any atom is -0.497 e. The molecule has 5 heteroatoms. The minimum absolute atomic E-state index is 0.152. The summed E-state index contributed by atoms with van der Waals surface area (Å²) in [5.74, 6) is 0.788. The van der Waals surface area contributed by atoms with Crippen LogP contribution in [0.1, 0.15) is 5.69 Å². The fraction of sp³-hybridized carbons (Fsp3) is 0.100. The summed E-state index contributed by atoms with van der Waals surface area (Å²) in [6.45, 7) is 1.94. The van der Waals surface area contributed by atoms with E-state index in [0.717, 1.165) is 33.8 Å². The van der Waals surface area contributed by atoms with E-state index in [0.29, 0.717) is 5.65 Å². The number of aromatic nitrogens is 3. The van der Waals surface area contributed by atoms with Gasteiger partial charge in [-0.05, 0) is 24.6 Å². The molecule has 4 rings (SSSR count). The number of nitrogens with zero attached hydrogens (tertiary/aromatic N) is 2. The van der Waals surface area contributed by atoms with Crippen molar-refractivity contribution < 1.29 is 4.74 Å². The van der Waals surface area contributed by atoms with Crippen molar-refractivity contribution in [1.82, 2.24) is 14.6 Å². The Morgan fingerprint density at radius 1 is 1.00 bits per heavy atom. The van der Waals surface area contributed by atoms with Crippen LogP contribution in [0.3, 0.4) is 0 Å². The Labute approximate surface area is 144 Å². The van der Waals surface area contributed by atoms with Gasteiger partial charge in [-0.25, -0.2) is 4.52 Å². The summed E-state index contributed by atoms with van der Waals surface area (Å²) in [6, 6.07) is 19.1. The fourth-order valence-electron chi connectivity index (χ4n) is 3.07. The smallest absolute Gasteiger partial charge is 0.251 e. The molecule has 0 aliphatic carbocycles. The van der Waals surface area contributed by atoms with E-state index in [-0.39, 0.29) is 5.56 Å². The first-order chi connectivity index (χ1) is 12.2. The van der Waals surface area contributed by atoms with Gasteiger partial charge in [-0.1, -0.05) is 42.5 Å². The summed E-state index contributed by atoms with van der Waals surface area (Å²) >= 11 is 0. The zero-order valence-electron chi connectivity index (χ0n) is 14.0. The Morgan fingerprint density at radius 2 is 1.72 bits per heavy atom. The predicted molar refractivity (Wildman–Crippen MR) is 98.0 cm³/mol. The largest absolute Gasteiger partial charge is 0.497 e. The number of aryl methyl sites for hydroxylation is 1. The number of methoxy groups -OCH3 is 1. The van der Waals surface area contributed by atoms with Gasteiger partial charge in [0.25, 0.3) is 5.56 Å². The second kappa shape index (κ2) is 5.94. The molecule has 0 fully saturated rings. The van der Waals surface area contributed by atoms with E-state index in [4.69, 9.17) is 4.74 Å². The first kappa shape index (κ1) is 15.2. The van der Waals surface area contributed by atoms with Crippen LogP contribution < -0.4 is 10.3 Å². The Morgan fingerprint density at radius 3 is 2.40 bits per heavy atom. The molecule has 2 aromatic carbocycles. The third-order valence-corrected chi connectivity index (χ3v) is 4.25. The van der Waals surface area contributed by atoms with Crippen LogP contribution in [0.25, 0.3) is 28.0 Å². The molecule has 5 nitrogen and oxygen atoms in total. The lowest BCUT2D eigenvalue weighted by molar-refractivity contribution is 0.415. The highest BCUT2D eigenvalue weighted by Crippen LogP contribution is 2.30. The summed E-state index contributed by atoms with van der Waals surface area (Å²) in [5.41, 5.74) is 5.00. The second-order valence-electron chi connectivity index (χ2n) is 5.83. The molecule has 0 bridgehead atoms.